The first kappa shape index (κ1) is 18.3. The van der Waals surface area contributed by atoms with E-state index in [-0.39, 0.29) is 5.69 Å². The lowest BCUT2D eigenvalue weighted by Gasteiger charge is -2.02. The van der Waals surface area contributed by atoms with Gasteiger partial charge in [0.25, 0.3) is 5.69 Å². The van der Waals surface area contributed by atoms with Gasteiger partial charge >= 0.3 is 5.63 Å². The second-order valence-corrected chi connectivity index (χ2v) is 7.63. The molecule has 0 amide bonds. The fourth-order valence-electron chi connectivity index (χ4n) is 3.55. The lowest BCUT2D eigenvalue weighted by atomic mass is 10.0. The molecule has 0 atom stereocenters. The molecule has 7 heteroatoms. The highest BCUT2D eigenvalue weighted by Crippen LogP contribution is 2.41. The van der Waals surface area contributed by atoms with E-state index in [9.17, 15) is 14.9 Å². The number of fused-ring (bicyclic) bond motifs is 3. The van der Waals surface area contributed by atoms with E-state index in [1.54, 1.807) is 24.3 Å². The number of furan rings is 1. The Morgan fingerprint density at radius 3 is 2.17 bits per heavy atom. The van der Waals surface area contributed by atoms with E-state index in [1.807, 2.05) is 36.4 Å². The van der Waals surface area contributed by atoms with Crippen LogP contribution in [-0.4, -0.2) is 4.92 Å². The van der Waals surface area contributed by atoms with Crippen LogP contribution in [0.2, 0.25) is 0 Å². The maximum atomic E-state index is 12.9. The molecule has 5 rings (SSSR count). The van der Waals surface area contributed by atoms with Gasteiger partial charge in [0.2, 0.25) is 0 Å². The molecule has 0 radical (unpaired) electrons. The second-order valence-electron chi connectivity index (χ2n) is 6.71. The summed E-state index contributed by atoms with van der Waals surface area (Å²) in [6.45, 7) is 0. The molecule has 3 aromatic carbocycles. The van der Waals surface area contributed by atoms with Crippen molar-refractivity contribution in [1.82, 2.24) is 0 Å². The number of hydrogen-bond donors (Lipinski definition) is 0. The zero-order chi connectivity index (χ0) is 20.8. The average Bonchev–Trinajstić information content (AvgIpc) is 3.17. The van der Waals surface area contributed by atoms with Crippen molar-refractivity contribution in [3.05, 3.63) is 97.8 Å². The predicted octanol–water partition coefficient (Wildman–Crippen LogP) is 6.54. The van der Waals surface area contributed by atoms with Gasteiger partial charge in [-0.25, -0.2) is 4.79 Å². The lowest BCUT2D eigenvalue weighted by Crippen LogP contribution is -1.99. The van der Waals surface area contributed by atoms with Crippen LogP contribution in [-0.2, 0) is 0 Å². The van der Waals surface area contributed by atoms with E-state index in [0.717, 1.165) is 10.0 Å². The Kier molecular flexibility index (Phi) is 4.25. The Morgan fingerprint density at radius 1 is 0.800 bits per heavy atom. The molecule has 146 valence electrons. The summed E-state index contributed by atoms with van der Waals surface area (Å²) in [5.41, 5.74) is 1.26. The van der Waals surface area contributed by atoms with Crippen LogP contribution in [0.25, 0.3) is 44.4 Å². The normalized spacial score (nSPS) is 11.2. The number of nitro benzene ring substituents is 1. The molecule has 0 fully saturated rings. The van der Waals surface area contributed by atoms with E-state index >= 15 is 0 Å². The van der Waals surface area contributed by atoms with E-state index < -0.39 is 10.5 Å². The zero-order valence-electron chi connectivity index (χ0n) is 15.3. The third kappa shape index (κ3) is 2.91. The first-order valence-electron chi connectivity index (χ1n) is 9.02. The minimum atomic E-state index is -0.504. The Hall–Kier alpha value is -3.71. The van der Waals surface area contributed by atoms with Crippen molar-refractivity contribution in [2.45, 2.75) is 0 Å². The molecular weight excluding hydrogens is 450 g/mol. The highest BCUT2D eigenvalue weighted by molar-refractivity contribution is 9.10. The van der Waals surface area contributed by atoms with Crippen LogP contribution >= 0.6 is 15.9 Å². The van der Waals surface area contributed by atoms with Gasteiger partial charge < -0.3 is 8.83 Å². The maximum Gasteiger partial charge on any atom is 0.348 e. The third-order valence-corrected chi connectivity index (χ3v) is 5.40. The molecule has 2 heterocycles. The molecule has 5 aromatic rings. The first-order valence-corrected chi connectivity index (χ1v) is 9.81. The molecule has 30 heavy (non-hydrogen) atoms. The van der Waals surface area contributed by atoms with Gasteiger partial charge in [-0.05, 0) is 30.3 Å². The van der Waals surface area contributed by atoms with Gasteiger partial charge in [0, 0.05) is 38.5 Å². The van der Waals surface area contributed by atoms with Crippen LogP contribution in [0.5, 0.6) is 0 Å². The molecule has 0 aliphatic heterocycles. The average molecular weight is 462 g/mol. The number of rotatable bonds is 3. The monoisotopic (exact) mass is 461 g/mol. The van der Waals surface area contributed by atoms with Crippen LogP contribution in [0.1, 0.15) is 0 Å². The molecule has 0 saturated heterocycles. The van der Waals surface area contributed by atoms with Crippen molar-refractivity contribution in [2.24, 2.45) is 0 Å². The van der Waals surface area contributed by atoms with Gasteiger partial charge in [0.1, 0.15) is 22.5 Å². The first-order chi connectivity index (χ1) is 14.5. The van der Waals surface area contributed by atoms with Gasteiger partial charge in [-0.1, -0.05) is 46.3 Å². The molecular formula is C23H12BrNO5. The summed E-state index contributed by atoms with van der Waals surface area (Å²) in [5, 5.41) is 12.7. The van der Waals surface area contributed by atoms with Crippen molar-refractivity contribution in [2.75, 3.05) is 0 Å². The highest BCUT2D eigenvalue weighted by atomic mass is 79.9. The zero-order valence-corrected chi connectivity index (χ0v) is 16.9. The maximum absolute atomic E-state index is 12.9. The quantitative estimate of drug-likeness (QED) is 0.173. The molecule has 0 aliphatic carbocycles. The molecule has 0 saturated carbocycles. The third-order valence-electron chi connectivity index (χ3n) is 4.90. The Balaban J connectivity index is 1.92. The summed E-state index contributed by atoms with van der Waals surface area (Å²) in [6, 6.07) is 20.7. The highest BCUT2D eigenvalue weighted by Gasteiger charge is 2.23. The minimum Gasteiger partial charge on any atom is -0.454 e. The Bertz CT molecular complexity index is 1480. The van der Waals surface area contributed by atoms with Crippen LogP contribution in [0, 0.1) is 10.1 Å². The summed E-state index contributed by atoms with van der Waals surface area (Å²) in [6.07, 6.45) is 0. The van der Waals surface area contributed by atoms with Crippen LogP contribution in [0.4, 0.5) is 5.69 Å². The number of benzene rings is 3. The lowest BCUT2D eigenvalue weighted by molar-refractivity contribution is -0.384. The van der Waals surface area contributed by atoms with Gasteiger partial charge in [-0.15, -0.1) is 0 Å². The fourth-order valence-corrected chi connectivity index (χ4v) is 3.91. The number of nitrogens with zero attached hydrogens (tertiary/aromatic N) is 1. The largest absolute Gasteiger partial charge is 0.454 e. The standard InChI is InChI=1S/C23H12BrNO5/c24-15-8-11-18-17(12-15)19-20(23(26)29-18)22(13-4-2-1-3-5-13)30-21(19)14-6-9-16(10-7-14)25(27)28/h1-12H. The van der Waals surface area contributed by atoms with E-state index in [2.05, 4.69) is 15.9 Å². The Labute approximate surface area is 177 Å². The number of hydrogen-bond acceptors (Lipinski definition) is 5. The summed E-state index contributed by atoms with van der Waals surface area (Å²) in [7, 11) is 0. The molecule has 0 spiro atoms. The predicted molar refractivity (Wildman–Crippen MR) is 117 cm³/mol. The molecule has 0 aliphatic rings. The van der Waals surface area contributed by atoms with Gasteiger partial charge in [0.15, 0.2) is 0 Å². The molecule has 0 unspecified atom stereocenters. The van der Waals surface area contributed by atoms with Gasteiger partial charge in [-0.2, -0.15) is 0 Å². The summed E-state index contributed by atoms with van der Waals surface area (Å²) < 4.78 is 12.6. The van der Waals surface area contributed by atoms with Crippen LogP contribution in [0.15, 0.2) is 90.9 Å². The van der Waals surface area contributed by atoms with Crippen molar-refractivity contribution in [3.8, 4) is 22.6 Å². The van der Waals surface area contributed by atoms with E-state index in [0.29, 0.717) is 38.8 Å². The Morgan fingerprint density at radius 2 is 1.47 bits per heavy atom. The number of nitro groups is 1. The van der Waals surface area contributed by atoms with Crippen molar-refractivity contribution in [3.63, 3.8) is 0 Å². The second kappa shape index (κ2) is 6.96. The summed E-state index contributed by atoms with van der Waals surface area (Å²) in [4.78, 5) is 23.5. The topological polar surface area (TPSA) is 86.5 Å². The number of non-ortho nitro benzene ring substituents is 1. The van der Waals surface area contributed by atoms with Gasteiger partial charge in [-0.3, -0.25) is 10.1 Å². The molecule has 0 bridgehead atoms. The molecule has 0 N–H and O–H groups in total. The van der Waals surface area contributed by atoms with Crippen molar-refractivity contribution >= 4 is 43.4 Å². The van der Waals surface area contributed by atoms with Crippen molar-refractivity contribution < 1.29 is 13.8 Å². The fraction of sp³-hybridized carbons (Fsp3) is 0. The van der Waals surface area contributed by atoms with Crippen LogP contribution < -0.4 is 5.63 Å². The minimum absolute atomic E-state index is 0.0231. The smallest absolute Gasteiger partial charge is 0.348 e. The van der Waals surface area contributed by atoms with E-state index in [1.165, 1.54) is 12.1 Å². The molecule has 2 aromatic heterocycles. The SMILES string of the molecule is O=c1oc2ccc(Br)cc2c2c(-c3ccc([N+](=O)[O-])cc3)oc(-c3ccccc3)c12. The number of halogens is 1. The van der Waals surface area contributed by atoms with E-state index in [4.69, 9.17) is 8.83 Å². The summed E-state index contributed by atoms with van der Waals surface area (Å²) in [5.74, 6) is 0.851. The molecule has 6 nitrogen and oxygen atoms in total. The van der Waals surface area contributed by atoms with Gasteiger partial charge in [0.05, 0.1) is 4.92 Å². The van der Waals surface area contributed by atoms with Crippen LogP contribution in [0.3, 0.4) is 0 Å². The summed E-state index contributed by atoms with van der Waals surface area (Å²) >= 11 is 3.47. The van der Waals surface area contributed by atoms with Crippen molar-refractivity contribution in [1.29, 1.82) is 0 Å².